The standard InChI is InChI=1S/C2H7B2O4/c5-3-8-2-1-4(6)7/h5-7H,1-2H2. The highest BCUT2D eigenvalue weighted by Crippen LogP contribution is 1.82. The summed E-state index contributed by atoms with van der Waals surface area (Å²) in [5, 5.41) is 24.2. The fraction of sp³-hybridized carbons (Fsp3) is 1.00. The Hall–Kier alpha value is -0.0301. The molecular formula is C2H7B2O4. The summed E-state index contributed by atoms with van der Waals surface area (Å²) in [5.74, 6) is 0. The van der Waals surface area contributed by atoms with Crippen molar-refractivity contribution in [3.8, 4) is 0 Å². The Morgan fingerprint density at radius 3 is 2.50 bits per heavy atom. The Labute approximate surface area is 48.6 Å². The molecule has 0 unspecified atom stereocenters. The van der Waals surface area contributed by atoms with E-state index in [1.807, 2.05) is 0 Å². The molecule has 0 aliphatic carbocycles. The summed E-state index contributed by atoms with van der Waals surface area (Å²) < 4.78 is 4.25. The van der Waals surface area contributed by atoms with Crippen LogP contribution in [0.15, 0.2) is 0 Å². The number of rotatable bonds is 4. The van der Waals surface area contributed by atoms with E-state index in [1.54, 1.807) is 0 Å². The van der Waals surface area contributed by atoms with Gasteiger partial charge < -0.3 is 19.7 Å². The van der Waals surface area contributed by atoms with Crippen LogP contribution in [0.1, 0.15) is 0 Å². The maximum atomic E-state index is 8.16. The second-order valence-electron chi connectivity index (χ2n) is 1.25. The first-order chi connectivity index (χ1) is 3.77. The lowest BCUT2D eigenvalue weighted by Crippen LogP contribution is -2.14. The van der Waals surface area contributed by atoms with Gasteiger partial charge >= 0.3 is 14.8 Å². The normalized spacial score (nSPS) is 8.88. The van der Waals surface area contributed by atoms with Crippen LogP contribution in [-0.2, 0) is 4.65 Å². The van der Waals surface area contributed by atoms with Gasteiger partial charge in [0.15, 0.2) is 0 Å². The molecule has 0 heterocycles. The SMILES string of the molecule is O[B]OCCB(O)O. The average Bonchev–Trinajstić information content (AvgIpc) is 1.66. The van der Waals surface area contributed by atoms with Gasteiger partial charge in [-0.25, -0.2) is 0 Å². The molecule has 0 aliphatic heterocycles. The molecule has 45 valence electrons. The molecule has 0 fully saturated rings. The van der Waals surface area contributed by atoms with Crippen molar-refractivity contribution in [1.29, 1.82) is 0 Å². The number of hydrogen-bond donors (Lipinski definition) is 3. The van der Waals surface area contributed by atoms with E-state index >= 15 is 0 Å². The van der Waals surface area contributed by atoms with Crippen molar-refractivity contribution in [3.63, 3.8) is 0 Å². The van der Waals surface area contributed by atoms with Crippen LogP contribution in [0.2, 0.25) is 6.32 Å². The van der Waals surface area contributed by atoms with Crippen molar-refractivity contribution in [1.82, 2.24) is 0 Å². The van der Waals surface area contributed by atoms with Crippen molar-refractivity contribution in [2.45, 2.75) is 6.32 Å². The summed E-state index contributed by atoms with van der Waals surface area (Å²) in [6, 6.07) is 0. The molecule has 0 amide bonds. The van der Waals surface area contributed by atoms with Gasteiger partial charge in [-0.05, 0) is 0 Å². The van der Waals surface area contributed by atoms with Gasteiger partial charge in [0.2, 0.25) is 0 Å². The molecule has 0 aromatic carbocycles. The predicted octanol–water partition coefficient (Wildman–Crippen LogP) is -2.00. The minimum Gasteiger partial charge on any atom is -0.429 e. The van der Waals surface area contributed by atoms with Crippen molar-refractivity contribution in [2.75, 3.05) is 6.61 Å². The number of hydrogen-bond acceptors (Lipinski definition) is 4. The summed E-state index contributed by atoms with van der Waals surface area (Å²) in [5.41, 5.74) is 0. The molecule has 0 aromatic rings. The van der Waals surface area contributed by atoms with E-state index in [4.69, 9.17) is 15.1 Å². The molecule has 0 saturated carbocycles. The first-order valence-corrected chi connectivity index (χ1v) is 2.21. The summed E-state index contributed by atoms with van der Waals surface area (Å²) in [6.07, 6.45) is 0.108. The lowest BCUT2D eigenvalue weighted by Gasteiger charge is -1.95. The molecule has 1 radical (unpaired) electrons. The zero-order valence-electron chi connectivity index (χ0n) is 4.32. The van der Waals surface area contributed by atoms with Crippen molar-refractivity contribution >= 4 is 14.8 Å². The van der Waals surface area contributed by atoms with Gasteiger partial charge in [-0.15, -0.1) is 0 Å². The Balaban J connectivity index is 2.72. The molecular weight excluding hydrogens is 110 g/mol. The molecule has 0 rings (SSSR count). The molecule has 4 nitrogen and oxygen atoms in total. The van der Waals surface area contributed by atoms with Gasteiger partial charge in [0.25, 0.3) is 0 Å². The predicted molar refractivity (Wildman–Crippen MR) is 28.9 cm³/mol. The van der Waals surface area contributed by atoms with Crippen LogP contribution in [0.3, 0.4) is 0 Å². The summed E-state index contributed by atoms with van der Waals surface area (Å²) in [7, 11) is -0.836. The molecule has 0 aromatic heterocycles. The molecule has 0 spiro atoms. The zero-order valence-corrected chi connectivity index (χ0v) is 4.32. The maximum absolute atomic E-state index is 8.16. The van der Waals surface area contributed by atoms with Crippen molar-refractivity contribution < 1.29 is 19.7 Å². The lowest BCUT2D eigenvalue weighted by atomic mass is 9.87. The minimum absolute atomic E-state index is 0.108. The minimum atomic E-state index is -1.35. The maximum Gasteiger partial charge on any atom is 0.485 e. The van der Waals surface area contributed by atoms with Gasteiger partial charge in [0.05, 0.1) is 0 Å². The van der Waals surface area contributed by atoms with E-state index in [9.17, 15) is 0 Å². The summed E-state index contributed by atoms with van der Waals surface area (Å²) >= 11 is 0. The monoisotopic (exact) mass is 117 g/mol. The Morgan fingerprint density at radius 2 is 2.12 bits per heavy atom. The third-order valence-electron chi connectivity index (χ3n) is 0.568. The second kappa shape index (κ2) is 5.11. The molecule has 3 N–H and O–H groups in total. The highest BCUT2D eigenvalue weighted by atomic mass is 16.5. The largest absolute Gasteiger partial charge is 0.485 e. The smallest absolute Gasteiger partial charge is 0.429 e. The molecule has 0 atom stereocenters. The fourth-order valence-electron chi connectivity index (χ4n) is 0.226. The summed E-state index contributed by atoms with van der Waals surface area (Å²) in [4.78, 5) is 0. The zero-order chi connectivity index (χ0) is 6.41. The van der Waals surface area contributed by atoms with Gasteiger partial charge in [-0.1, -0.05) is 0 Å². The van der Waals surface area contributed by atoms with Crippen LogP contribution in [-0.4, -0.2) is 36.5 Å². The van der Waals surface area contributed by atoms with Crippen LogP contribution in [0.5, 0.6) is 0 Å². The molecule has 0 aliphatic rings. The second-order valence-corrected chi connectivity index (χ2v) is 1.25. The summed E-state index contributed by atoms with van der Waals surface area (Å²) in [6.45, 7) is 0.119. The molecule has 0 bridgehead atoms. The van der Waals surface area contributed by atoms with Gasteiger partial charge in [-0.2, -0.15) is 0 Å². The Morgan fingerprint density at radius 1 is 1.50 bits per heavy atom. The third-order valence-corrected chi connectivity index (χ3v) is 0.568. The van der Waals surface area contributed by atoms with Gasteiger partial charge in [-0.3, -0.25) is 0 Å². The van der Waals surface area contributed by atoms with Gasteiger partial charge in [0, 0.05) is 12.9 Å². The lowest BCUT2D eigenvalue weighted by molar-refractivity contribution is 0.288. The van der Waals surface area contributed by atoms with Crippen molar-refractivity contribution in [3.05, 3.63) is 0 Å². The highest BCUT2D eigenvalue weighted by molar-refractivity contribution is 6.41. The molecule has 0 saturated heterocycles. The van der Waals surface area contributed by atoms with E-state index in [1.165, 1.54) is 0 Å². The topological polar surface area (TPSA) is 69.9 Å². The van der Waals surface area contributed by atoms with Crippen LogP contribution in [0, 0.1) is 0 Å². The fourth-order valence-corrected chi connectivity index (χ4v) is 0.226. The molecule has 8 heavy (non-hydrogen) atoms. The van der Waals surface area contributed by atoms with Crippen molar-refractivity contribution in [2.24, 2.45) is 0 Å². The molecule has 6 heteroatoms. The third kappa shape index (κ3) is 5.97. The van der Waals surface area contributed by atoms with E-state index in [-0.39, 0.29) is 12.9 Å². The van der Waals surface area contributed by atoms with Crippen LogP contribution >= 0.6 is 0 Å². The first-order valence-electron chi connectivity index (χ1n) is 2.21. The van der Waals surface area contributed by atoms with E-state index < -0.39 is 7.12 Å². The average molecular weight is 117 g/mol. The van der Waals surface area contributed by atoms with Gasteiger partial charge in [0.1, 0.15) is 0 Å². The van der Waals surface area contributed by atoms with E-state index in [2.05, 4.69) is 4.65 Å². The quantitative estimate of drug-likeness (QED) is 0.294. The van der Waals surface area contributed by atoms with Crippen LogP contribution < -0.4 is 0 Å². The van der Waals surface area contributed by atoms with E-state index in [0.717, 1.165) is 0 Å². The highest BCUT2D eigenvalue weighted by Gasteiger charge is 2.04. The van der Waals surface area contributed by atoms with Crippen LogP contribution in [0.25, 0.3) is 0 Å². The van der Waals surface area contributed by atoms with Crippen LogP contribution in [0.4, 0.5) is 0 Å². The first kappa shape index (κ1) is 7.97. The Bertz CT molecular complexity index is 49.3. The van der Waals surface area contributed by atoms with E-state index in [0.29, 0.717) is 7.69 Å². The Kier molecular flexibility index (Phi) is 5.09.